The first-order valence-corrected chi connectivity index (χ1v) is 8.10. The zero-order valence-corrected chi connectivity index (χ0v) is 15.0. The van der Waals surface area contributed by atoms with Gasteiger partial charge < -0.3 is 9.30 Å². The van der Waals surface area contributed by atoms with Crippen molar-refractivity contribution in [2.24, 2.45) is 5.92 Å². The molecule has 0 amide bonds. The summed E-state index contributed by atoms with van der Waals surface area (Å²) in [4.78, 5) is 16.8. The lowest BCUT2D eigenvalue weighted by molar-refractivity contribution is -0.120. The molecular weight excluding hydrogens is 344 g/mol. The number of Topliss-reactive ketones (excluding diaryl/α,β-unsaturated/α-hetero) is 1. The number of imidazole rings is 1. The number of methoxy groups -OCH3 is 1. The van der Waals surface area contributed by atoms with E-state index in [1.807, 2.05) is 35.8 Å². The summed E-state index contributed by atoms with van der Waals surface area (Å²) in [5.74, 6) is 2.13. The van der Waals surface area contributed by atoms with E-state index in [4.69, 9.17) is 4.74 Å². The molecule has 0 saturated heterocycles. The summed E-state index contributed by atoms with van der Waals surface area (Å²) in [6.45, 7) is 6.41. The van der Waals surface area contributed by atoms with Crippen molar-refractivity contribution in [3.8, 4) is 17.1 Å². The number of nitrogens with zero attached hydrogens (tertiary/aromatic N) is 2. The molecule has 0 atom stereocenters. The van der Waals surface area contributed by atoms with Gasteiger partial charge in [-0.1, -0.05) is 26.0 Å². The van der Waals surface area contributed by atoms with Crippen molar-refractivity contribution in [3.63, 3.8) is 0 Å². The Labute approximate surface area is 139 Å². The number of hydrogen-bond donors (Lipinski definition) is 0. The largest absolute Gasteiger partial charge is 0.497 e. The summed E-state index contributed by atoms with van der Waals surface area (Å²) in [5.41, 5.74) is 1.89. The molecule has 1 aromatic carbocycles. The molecule has 2 aromatic rings. The monoisotopic (exact) mass is 364 g/mol. The van der Waals surface area contributed by atoms with Crippen LogP contribution in [-0.4, -0.2) is 22.4 Å². The van der Waals surface area contributed by atoms with Gasteiger partial charge in [-0.25, -0.2) is 4.98 Å². The molecule has 0 saturated carbocycles. The first-order valence-electron chi connectivity index (χ1n) is 7.31. The Kier molecular flexibility index (Phi) is 5.40. The maximum atomic E-state index is 12.2. The molecule has 118 valence electrons. The summed E-state index contributed by atoms with van der Waals surface area (Å²) >= 11 is 3.47. The molecule has 0 bridgehead atoms. The number of halogens is 1. The second kappa shape index (κ2) is 7.09. The highest BCUT2D eigenvalue weighted by Crippen LogP contribution is 2.28. The van der Waals surface area contributed by atoms with E-state index in [0.717, 1.165) is 27.4 Å². The van der Waals surface area contributed by atoms with Crippen LogP contribution in [0.25, 0.3) is 11.4 Å². The van der Waals surface area contributed by atoms with Crippen molar-refractivity contribution in [1.82, 2.24) is 9.55 Å². The number of benzene rings is 1. The van der Waals surface area contributed by atoms with Crippen molar-refractivity contribution in [3.05, 3.63) is 34.6 Å². The minimum absolute atomic E-state index is 0.215. The fraction of sp³-hybridized carbons (Fsp3) is 0.412. The number of aromatic nitrogens is 2. The van der Waals surface area contributed by atoms with E-state index < -0.39 is 0 Å². The van der Waals surface area contributed by atoms with Crippen LogP contribution in [-0.2, 0) is 11.3 Å². The molecule has 4 nitrogen and oxygen atoms in total. The van der Waals surface area contributed by atoms with Gasteiger partial charge in [-0.3, -0.25) is 4.79 Å². The Morgan fingerprint density at radius 3 is 2.77 bits per heavy atom. The molecular formula is C17H21BrN2O2. The Balaban J connectivity index is 2.39. The average Bonchev–Trinajstić information content (AvgIpc) is 2.75. The van der Waals surface area contributed by atoms with E-state index in [1.54, 1.807) is 7.11 Å². The summed E-state index contributed by atoms with van der Waals surface area (Å²) < 4.78 is 8.00. The Morgan fingerprint density at radius 2 is 2.14 bits per heavy atom. The zero-order valence-electron chi connectivity index (χ0n) is 13.4. The van der Waals surface area contributed by atoms with Crippen molar-refractivity contribution < 1.29 is 9.53 Å². The first-order chi connectivity index (χ1) is 10.4. The number of rotatable bonds is 6. The average molecular weight is 365 g/mol. The molecule has 0 aliphatic rings. The molecule has 0 radical (unpaired) electrons. The van der Waals surface area contributed by atoms with Crippen LogP contribution >= 0.6 is 15.9 Å². The lowest BCUT2D eigenvalue weighted by atomic mass is 10.1. The molecule has 0 N–H and O–H groups in total. The minimum Gasteiger partial charge on any atom is -0.497 e. The van der Waals surface area contributed by atoms with E-state index in [9.17, 15) is 4.79 Å². The molecule has 0 aliphatic carbocycles. The maximum Gasteiger partial charge on any atom is 0.152 e. The van der Waals surface area contributed by atoms with Crippen molar-refractivity contribution >= 4 is 21.7 Å². The van der Waals surface area contributed by atoms with Crippen LogP contribution in [0.1, 0.15) is 26.0 Å². The van der Waals surface area contributed by atoms with E-state index in [2.05, 4.69) is 34.8 Å². The quantitative estimate of drug-likeness (QED) is 0.769. The highest BCUT2D eigenvalue weighted by molar-refractivity contribution is 9.10. The van der Waals surface area contributed by atoms with Gasteiger partial charge in [-0.15, -0.1) is 0 Å². The van der Waals surface area contributed by atoms with Gasteiger partial charge in [0.25, 0.3) is 0 Å². The second-order valence-corrected chi connectivity index (χ2v) is 6.52. The Hall–Kier alpha value is -1.62. The minimum atomic E-state index is 0.215. The van der Waals surface area contributed by atoms with Gasteiger partial charge in [-0.05, 0) is 40.9 Å². The topological polar surface area (TPSA) is 44.1 Å². The fourth-order valence-corrected chi connectivity index (χ4v) is 2.76. The second-order valence-electron chi connectivity index (χ2n) is 5.77. The third kappa shape index (κ3) is 3.77. The van der Waals surface area contributed by atoms with Crippen molar-refractivity contribution in [2.45, 2.75) is 33.7 Å². The number of carbonyl (C=O) groups excluding carboxylic acids is 1. The van der Waals surface area contributed by atoms with Gasteiger partial charge in [0.05, 0.1) is 13.7 Å². The Morgan fingerprint density at radius 1 is 1.41 bits per heavy atom. The van der Waals surface area contributed by atoms with Gasteiger partial charge in [0.15, 0.2) is 5.78 Å². The van der Waals surface area contributed by atoms with Gasteiger partial charge >= 0.3 is 0 Å². The number of ketones is 1. The van der Waals surface area contributed by atoms with Crippen LogP contribution in [0.4, 0.5) is 0 Å². The van der Waals surface area contributed by atoms with E-state index in [1.165, 1.54) is 0 Å². The predicted octanol–water partition coefficient (Wildman–Crippen LogP) is 4.24. The summed E-state index contributed by atoms with van der Waals surface area (Å²) in [5, 5.41) is 0. The fourth-order valence-electron chi connectivity index (χ4n) is 2.38. The highest BCUT2D eigenvalue weighted by atomic mass is 79.9. The Bertz CT molecular complexity index is 677. The SMILES string of the molecule is COc1cccc(-c2nc(Br)c(C)n2CC(=O)CC(C)C)c1. The van der Waals surface area contributed by atoms with Crippen LogP contribution < -0.4 is 4.74 Å². The van der Waals surface area contributed by atoms with Crippen LogP contribution in [0.3, 0.4) is 0 Å². The van der Waals surface area contributed by atoms with Gasteiger partial charge in [-0.2, -0.15) is 0 Å². The molecule has 0 fully saturated rings. The molecule has 1 heterocycles. The number of hydrogen-bond acceptors (Lipinski definition) is 3. The van der Waals surface area contributed by atoms with E-state index in [-0.39, 0.29) is 5.78 Å². The summed E-state index contributed by atoms with van der Waals surface area (Å²) in [6.07, 6.45) is 0.576. The van der Waals surface area contributed by atoms with Crippen molar-refractivity contribution in [1.29, 1.82) is 0 Å². The van der Waals surface area contributed by atoms with E-state index >= 15 is 0 Å². The summed E-state index contributed by atoms with van der Waals surface area (Å²) in [7, 11) is 1.64. The normalized spacial score (nSPS) is 11.0. The van der Waals surface area contributed by atoms with Crippen LogP contribution in [0.15, 0.2) is 28.9 Å². The predicted molar refractivity (Wildman–Crippen MR) is 91.1 cm³/mol. The molecule has 0 aliphatic heterocycles. The summed E-state index contributed by atoms with van der Waals surface area (Å²) in [6, 6.07) is 7.72. The first kappa shape index (κ1) is 16.7. The number of carbonyl (C=O) groups is 1. The molecule has 0 spiro atoms. The van der Waals surface area contributed by atoms with Gasteiger partial charge in [0.2, 0.25) is 0 Å². The van der Waals surface area contributed by atoms with Crippen LogP contribution in [0, 0.1) is 12.8 Å². The molecule has 5 heteroatoms. The molecule has 2 rings (SSSR count). The van der Waals surface area contributed by atoms with Gasteiger partial charge in [0.1, 0.15) is 16.2 Å². The lowest BCUT2D eigenvalue weighted by Crippen LogP contribution is -2.14. The van der Waals surface area contributed by atoms with E-state index in [0.29, 0.717) is 18.9 Å². The third-order valence-corrected chi connectivity index (χ3v) is 4.21. The standard InChI is InChI=1S/C17H21BrN2O2/c1-11(2)8-14(21)10-20-12(3)16(18)19-17(20)13-6-5-7-15(9-13)22-4/h5-7,9,11H,8,10H2,1-4H3. The molecule has 1 aromatic heterocycles. The smallest absolute Gasteiger partial charge is 0.152 e. The lowest BCUT2D eigenvalue weighted by Gasteiger charge is -2.11. The maximum absolute atomic E-state index is 12.2. The number of ether oxygens (including phenoxy) is 1. The highest BCUT2D eigenvalue weighted by Gasteiger charge is 2.17. The van der Waals surface area contributed by atoms with Crippen LogP contribution in [0.2, 0.25) is 0 Å². The molecule has 0 unspecified atom stereocenters. The molecule has 22 heavy (non-hydrogen) atoms. The third-order valence-electron chi connectivity index (χ3n) is 3.46. The van der Waals surface area contributed by atoms with Crippen LogP contribution in [0.5, 0.6) is 5.75 Å². The van der Waals surface area contributed by atoms with Gasteiger partial charge in [0, 0.05) is 17.7 Å². The zero-order chi connectivity index (χ0) is 16.3. The van der Waals surface area contributed by atoms with Crippen molar-refractivity contribution in [2.75, 3.05) is 7.11 Å².